The normalized spacial score (nSPS) is 24.3. The van der Waals surface area contributed by atoms with E-state index in [2.05, 4.69) is 0 Å². The van der Waals surface area contributed by atoms with Gasteiger partial charge in [0, 0.05) is 0 Å². The molecule has 0 unspecified atom stereocenters. The van der Waals surface area contributed by atoms with Gasteiger partial charge in [-0.05, 0) is 19.3 Å². The summed E-state index contributed by atoms with van der Waals surface area (Å²) in [5.41, 5.74) is -0.341. The lowest BCUT2D eigenvalue weighted by Crippen LogP contribution is -2.41. The SMILES string of the molecule is O=C(O)CN1CC2(CCC2)OC1=O. The van der Waals surface area contributed by atoms with E-state index in [1.807, 2.05) is 0 Å². The van der Waals surface area contributed by atoms with Crippen molar-refractivity contribution in [3.05, 3.63) is 0 Å². The van der Waals surface area contributed by atoms with E-state index < -0.39 is 12.1 Å². The van der Waals surface area contributed by atoms with Gasteiger partial charge in [0.25, 0.3) is 0 Å². The van der Waals surface area contributed by atoms with Crippen molar-refractivity contribution < 1.29 is 19.4 Å². The molecular formula is C8H11NO4. The van der Waals surface area contributed by atoms with E-state index in [-0.39, 0.29) is 12.1 Å². The van der Waals surface area contributed by atoms with Crippen LogP contribution in [0.15, 0.2) is 0 Å². The number of rotatable bonds is 2. The fourth-order valence-electron chi connectivity index (χ4n) is 1.81. The minimum atomic E-state index is -0.992. The molecule has 1 aliphatic heterocycles. The molecule has 5 heteroatoms. The highest BCUT2D eigenvalue weighted by Crippen LogP contribution is 2.40. The fraction of sp³-hybridized carbons (Fsp3) is 0.750. The summed E-state index contributed by atoms with van der Waals surface area (Å²) in [6.45, 7) is 0.193. The lowest BCUT2D eigenvalue weighted by Gasteiger charge is -2.35. The van der Waals surface area contributed by atoms with E-state index in [4.69, 9.17) is 9.84 Å². The molecule has 2 rings (SSSR count). The van der Waals surface area contributed by atoms with E-state index in [0.717, 1.165) is 19.3 Å². The molecule has 1 amide bonds. The summed E-state index contributed by atoms with van der Waals surface area (Å²) >= 11 is 0. The number of carbonyl (C=O) groups is 2. The number of hydrogen-bond acceptors (Lipinski definition) is 3. The van der Waals surface area contributed by atoms with Crippen LogP contribution in [0.1, 0.15) is 19.3 Å². The van der Waals surface area contributed by atoms with Gasteiger partial charge in [-0.15, -0.1) is 0 Å². The van der Waals surface area contributed by atoms with Crippen LogP contribution in [0.2, 0.25) is 0 Å². The minimum Gasteiger partial charge on any atom is -0.480 e. The average molecular weight is 185 g/mol. The van der Waals surface area contributed by atoms with Crippen LogP contribution in [-0.2, 0) is 9.53 Å². The first-order valence-corrected chi connectivity index (χ1v) is 4.31. The number of amides is 1. The van der Waals surface area contributed by atoms with Gasteiger partial charge in [-0.2, -0.15) is 0 Å². The van der Waals surface area contributed by atoms with Crippen LogP contribution in [0.4, 0.5) is 4.79 Å². The third-order valence-electron chi connectivity index (χ3n) is 2.63. The lowest BCUT2D eigenvalue weighted by atomic mass is 9.80. The Hall–Kier alpha value is -1.26. The molecule has 1 aliphatic carbocycles. The molecule has 0 bridgehead atoms. The molecule has 0 aromatic carbocycles. The molecule has 1 N–H and O–H groups in total. The number of nitrogens with zero attached hydrogens (tertiary/aromatic N) is 1. The van der Waals surface area contributed by atoms with E-state index in [0.29, 0.717) is 6.54 Å². The third kappa shape index (κ3) is 1.34. The zero-order valence-electron chi connectivity index (χ0n) is 7.15. The van der Waals surface area contributed by atoms with Gasteiger partial charge in [0.2, 0.25) is 0 Å². The summed E-state index contributed by atoms with van der Waals surface area (Å²) in [4.78, 5) is 22.8. The number of aliphatic carboxylic acids is 1. The maximum Gasteiger partial charge on any atom is 0.411 e. The van der Waals surface area contributed by atoms with E-state index >= 15 is 0 Å². The van der Waals surface area contributed by atoms with Crippen LogP contribution in [-0.4, -0.2) is 40.8 Å². The van der Waals surface area contributed by atoms with E-state index in [1.165, 1.54) is 4.90 Å². The highest BCUT2D eigenvalue weighted by molar-refractivity contribution is 5.78. The first kappa shape index (κ1) is 8.34. The number of carboxylic acids is 1. The van der Waals surface area contributed by atoms with Crippen LogP contribution in [0, 0.1) is 0 Å². The molecule has 1 saturated heterocycles. The Morgan fingerprint density at radius 1 is 1.62 bits per heavy atom. The molecular weight excluding hydrogens is 174 g/mol. The summed E-state index contributed by atoms with van der Waals surface area (Å²) in [5, 5.41) is 8.50. The second kappa shape index (κ2) is 2.61. The zero-order valence-corrected chi connectivity index (χ0v) is 7.15. The number of hydrogen-bond donors (Lipinski definition) is 1. The van der Waals surface area contributed by atoms with Crippen molar-refractivity contribution in [3.63, 3.8) is 0 Å². The van der Waals surface area contributed by atoms with Crippen LogP contribution in [0.5, 0.6) is 0 Å². The van der Waals surface area contributed by atoms with Gasteiger partial charge in [-0.3, -0.25) is 9.69 Å². The third-order valence-corrected chi connectivity index (χ3v) is 2.63. The second-order valence-corrected chi connectivity index (χ2v) is 3.65. The quantitative estimate of drug-likeness (QED) is 0.678. The van der Waals surface area contributed by atoms with Gasteiger partial charge in [0.15, 0.2) is 0 Å². The summed E-state index contributed by atoms with van der Waals surface area (Å²) < 4.78 is 5.12. The maximum absolute atomic E-state index is 11.2. The van der Waals surface area contributed by atoms with Gasteiger partial charge in [0.1, 0.15) is 12.1 Å². The van der Waals surface area contributed by atoms with Crippen molar-refractivity contribution in [1.82, 2.24) is 4.90 Å². The van der Waals surface area contributed by atoms with Crippen molar-refractivity contribution in [1.29, 1.82) is 0 Å². The second-order valence-electron chi connectivity index (χ2n) is 3.65. The predicted octanol–water partition coefficient (Wildman–Crippen LogP) is 0.446. The molecule has 1 spiro atoms. The maximum atomic E-state index is 11.2. The van der Waals surface area contributed by atoms with Gasteiger partial charge in [0.05, 0.1) is 6.54 Å². The zero-order chi connectivity index (χ0) is 9.47. The van der Waals surface area contributed by atoms with Crippen molar-refractivity contribution >= 4 is 12.1 Å². The molecule has 13 heavy (non-hydrogen) atoms. The highest BCUT2D eigenvalue weighted by atomic mass is 16.6. The summed E-state index contributed by atoms with van der Waals surface area (Å²) in [7, 11) is 0. The molecule has 5 nitrogen and oxygen atoms in total. The largest absolute Gasteiger partial charge is 0.480 e. The average Bonchev–Trinajstić information content (AvgIpc) is 2.27. The number of carbonyl (C=O) groups excluding carboxylic acids is 1. The van der Waals surface area contributed by atoms with E-state index in [9.17, 15) is 9.59 Å². The van der Waals surface area contributed by atoms with Crippen LogP contribution >= 0.6 is 0 Å². The minimum absolute atomic E-state index is 0.249. The van der Waals surface area contributed by atoms with Crippen LogP contribution in [0.3, 0.4) is 0 Å². The van der Waals surface area contributed by atoms with E-state index in [1.54, 1.807) is 0 Å². The summed E-state index contributed by atoms with van der Waals surface area (Å²) in [5.74, 6) is -0.992. The fourth-order valence-corrected chi connectivity index (χ4v) is 1.81. The molecule has 1 heterocycles. The molecule has 72 valence electrons. The van der Waals surface area contributed by atoms with Crippen molar-refractivity contribution in [2.45, 2.75) is 24.9 Å². The Balaban J connectivity index is 1.99. The topological polar surface area (TPSA) is 66.8 Å². The van der Waals surface area contributed by atoms with Crippen molar-refractivity contribution in [2.24, 2.45) is 0 Å². The number of carboxylic acid groups (broad SMARTS) is 1. The molecule has 2 fully saturated rings. The standard InChI is InChI=1S/C8H11NO4/c10-6(11)4-9-5-8(2-1-3-8)13-7(9)12/h1-5H2,(H,10,11). The summed E-state index contributed by atoms with van der Waals surface area (Å²) in [6, 6.07) is 0. The highest BCUT2D eigenvalue weighted by Gasteiger charge is 2.49. The monoisotopic (exact) mass is 185 g/mol. The Labute approximate surface area is 75.3 Å². The summed E-state index contributed by atoms with van der Waals surface area (Å²) in [6.07, 6.45) is 2.32. The first-order valence-electron chi connectivity index (χ1n) is 4.31. The Morgan fingerprint density at radius 3 is 2.69 bits per heavy atom. The van der Waals surface area contributed by atoms with Crippen LogP contribution in [0.25, 0.3) is 0 Å². The molecule has 0 aromatic rings. The molecule has 0 radical (unpaired) electrons. The van der Waals surface area contributed by atoms with Gasteiger partial charge in [-0.1, -0.05) is 0 Å². The van der Waals surface area contributed by atoms with Gasteiger partial charge < -0.3 is 9.84 Å². The van der Waals surface area contributed by atoms with Crippen molar-refractivity contribution in [3.8, 4) is 0 Å². The van der Waals surface area contributed by atoms with Crippen LogP contribution < -0.4 is 0 Å². The molecule has 0 aromatic heterocycles. The molecule has 0 atom stereocenters. The smallest absolute Gasteiger partial charge is 0.411 e. The Bertz CT molecular complexity index is 259. The van der Waals surface area contributed by atoms with Gasteiger partial charge in [-0.25, -0.2) is 4.79 Å². The lowest BCUT2D eigenvalue weighted by molar-refractivity contribution is -0.137. The molecule has 2 aliphatic rings. The predicted molar refractivity (Wildman–Crippen MR) is 42.3 cm³/mol. The van der Waals surface area contributed by atoms with Crippen molar-refractivity contribution in [2.75, 3.05) is 13.1 Å². The Morgan fingerprint density at radius 2 is 2.31 bits per heavy atom. The molecule has 1 saturated carbocycles. The Kier molecular flexibility index (Phi) is 1.68. The first-order chi connectivity index (χ1) is 6.11. The van der Waals surface area contributed by atoms with Gasteiger partial charge >= 0.3 is 12.1 Å². The number of ether oxygens (including phenoxy) is 1.